The van der Waals surface area contributed by atoms with E-state index in [0.29, 0.717) is 30.8 Å². The minimum absolute atomic E-state index is 0.139. The third kappa shape index (κ3) is 6.33. The zero-order chi connectivity index (χ0) is 14.8. The molecule has 0 aliphatic carbocycles. The molecule has 0 bridgehead atoms. The van der Waals surface area contributed by atoms with Crippen LogP contribution in [0.2, 0.25) is 0 Å². The summed E-state index contributed by atoms with van der Waals surface area (Å²) in [5.41, 5.74) is 0.751. The Morgan fingerprint density at radius 2 is 2.00 bits per heavy atom. The Bertz CT molecular complexity index is 495. The molecule has 1 aromatic rings. The van der Waals surface area contributed by atoms with Gasteiger partial charge in [-0.1, -0.05) is 42.3 Å². The van der Waals surface area contributed by atoms with Crippen molar-refractivity contribution >= 4 is 5.78 Å². The van der Waals surface area contributed by atoms with Crippen molar-refractivity contribution in [3.05, 3.63) is 48.6 Å². The number of hydrogen-bond donors (Lipinski definition) is 0. The summed E-state index contributed by atoms with van der Waals surface area (Å²) in [4.78, 5) is 12.1. The summed E-state index contributed by atoms with van der Waals surface area (Å²) in [6.07, 6.45) is 1.69. The van der Waals surface area contributed by atoms with E-state index in [4.69, 9.17) is 4.74 Å². The van der Waals surface area contributed by atoms with Crippen LogP contribution < -0.4 is 0 Å². The van der Waals surface area contributed by atoms with Gasteiger partial charge in [0.2, 0.25) is 5.78 Å². The van der Waals surface area contributed by atoms with E-state index >= 15 is 0 Å². The average Bonchev–Trinajstić information content (AvgIpc) is 2.43. The van der Waals surface area contributed by atoms with Crippen LogP contribution in [0, 0.1) is 11.8 Å². The molecule has 0 aliphatic rings. The van der Waals surface area contributed by atoms with E-state index < -0.39 is 0 Å². The molecular formula is C17H22NO2+. The third-order valence-corrected chi connectivity index (χ3v) is 2.71. The molecule has 0 heterocycles. The fourth-order valence-electron chi connectivity index (χ4n) is 1.67. The quantitative estimate of drug-likeness (QED) is 0.250. The summed E-state index contributed by atoms with van der Waals surface area (Å²) in [7, 11) is 4.00. The van der Waals surface area contributed by atoms with Crippen LogP contribution in [0.1, 0.15) is 10.4 Å². The molecule has 0 N–H and O–H groups in total. The van der Waals surface area contributed by atoms with Gasteiger partial charge in [0, 0.05) is 5.56 Å². The summed E-state index contributed by atoms with van der Waals surface area (Å²) < 4.78 is 5.73. The maximum atomic E-state index is 12.1. The summed E-state index contributed by atoms with van der Waals surface area (Å²) in [6, 6.07) is 9.35. The van der Waals surface area contributed by atoms with Gasteiger partial charge in [0.05, 0.1) is 20.7 Å². The van der Waals surface area contributed by atoms with Crippen LogP contribution in [0.15, 0.2) is 43.0 Å². The minimum atomic E-state index is 0.139. The van der Waals surface area contributed by atoms with Gasteiger partial charge in [-0.2, -0.15) is 0 Å². The smallest absolute Gasteiger partial charge is 0.216 e. The number of hydrogen-bond acceptors (Lipinski definition) is 2. The second-order valence-corrected chi connectivity index (χ2v) is 5.20. The predicted octanol–water partition coefficient (Wildman–Crippen LogP) is 2.15. The van der Waals surface area contributed by atoms with Crippen molar-refractivity contribution in [1.82, 2.24) is 0 Å². The number of nitrogens with zero attached hydrogens (tertiary/aromatic N) is 1. The molecule has 0 radical (unpaired) electrons. The number of benzene rings is 1. The molecule has 0 saturated heterocycles. The van der Waals surface area contributed by atoms with Crippen molar-refractivity contribution in [2.24, 2.45) is 0 Å². The number of carbonyl (C=O) groups excluding carboxylic acids is 1. The second-order valence-electron chi connectivity index (χ2n) is 5.20. The molecule has 3 nitrogen and oxygen atoms in total. The van der Waals surface area contributed by atoms with E-state index in [0.717, 1.165) is 5.56 Å². The van der Waals surface area contributed by atoms with Gasteiger partial charge in [0.25, 0.3) is 0 Å². The molecule has 106 valence electrons. The Kier molecular flexibility index (Phi) is 6.72. The predicted molar refractivity (Wildman–Crippen MR) is 81.4 cm³/mol. The molecule has 0 spiro atoms. The molecule has 0 fully saturated rings. The van der Waals surface area contributed by atoms with Gasteiger partial charge in [-0.3, -0.25) is 4.79 Å². The van der Waals surface area contributed by atoms with E-state index in [2.05, 4.69) is 18.4 Å². The number of ether oxygens (including phenoxy) is 1. The Hall–Kier alpha value is -1.89. The van der Waals surface area contributed by atoms with Crippen LogP contribution in [0.25, 0.3) is 0 Å². The molecule has 0 saturated carbocycles. The van der Waals surface area contributed by atoms with E-state index in [1.54, 1.807) is 6.08 Å². The summed E-state index contributed by atoms with van der Waals surface area (Å²) in [5.74, 6) is 6.13. The van der Waals surface area contributed by atoms with Gasteiger partial charge in [-0.15, -0.1) is 6.58 Å². The van der Waals surface area contributed by atoms with Crippen molar-refractivity contribution in [3.63, 3.8) is 0 Å². The Labute approximate surface area is 121 Å². The standard InChI is InChI=1S/C17H22NO2/c1-4-13-20-14-9-8-12-18(2,3)15-17(19)16-10-6-5-7-11-16/h4-7,10-11H,1,12-15H2,2-3H3/q+1. The molecule has 0 amide bonds. The highest BCUT2D eigenvalue weighted by atomic mass is 16.5. The largest absolute Gasteiger partial charge is 0.365 e. The molecule has 0 unspecified atom stereocenters. The van der Waals surface area contributed by atoms with Crippen molar-refractivity contribution in [1.29, 1.82) is 0 Å². The lowest BCUT2D eigenvalue weighted by molar-refractivity contribution is -0.874. The van der Waals surface area contributed by atoms with Crippen LogP contribution in [-0.2, 0) is 4.74 Å². The zero-order valence-electron chi connectivity index (χ0n) is 12.3. The number of carbonyl (C=O) groups is 1. The highest BCUT2D eigenvalue weighted by molar-refractivity contribution is 5.96. The average molecular weight is 272 g/mol. The first-order valence-electron chi connectivity index (χ1n) is 6.60. The molecule has 1 aromatic carbocycles. The number of Topliss-reactive ketones (excluding diaryl/α,β-unsaturated/α-hetero) is 1. The van der Waals surface area contributed by atoms with Gasteiger partial charge in [-0.25, -0.2) is 0 Å². The van der Waals surface area contributed by atoms with Crippen molar-refractivity contribution < 1.29 is 14.0 Å². The number of rotatable bonds is 7. The van der Waals surface area contributed by atoms with Crippen LogP contribution in [-0.4, -0.2) is 50.7 Å². The van der Waals surface area contributed by atoms with Gasteiger partial charge >= 0.3 is 0 Å². The third-order valence-electron chi connectivity index (χ3n) is 2.71. The monoisotopic (exact) mass is 272 g/mol. The molecule has 1 rings (SSSR count). The SMILES string of the molecule is C=CCOCC#CC[N+](C)(C)CC(=O)c1ccccc1. The zero-order valence-corrected chi connectivity index (χ0v) is 12.3. The normalized spacial score (nSPS) is 10.5. The fraction of sp³-hybridized carbons (Fsp3) is 0.353. The van der Waals surface area contributed by atoms with Gasteiger partial charge in [0.15, 0.2) is 0 Å². The first-order valence-corrected chi connectivity index (χ1v) is 6.60. The Morgan fingerprint density at radius 1 is 1.30 bits per heavy atom. The Balaban J connectivity index is 2.44. The van der Waals surface area contributed by atoms with Gasteiger partial charge in [-0.05, 0) is 5.92 Å². The fourth-order valence-corrected chi connectivity index (χ4v) is 1.67. The van der Waals surface area contributed by atoms with Crippen LogP contribution in [0.5, 0.6) is 0 Å². The second kappa shape index (κ2) is 8.31. The highest BCUT2D eigenvalue weighted by Crippen LogP contribution is 2.04. The van der Waals surface area contributed by atoms with E-state index in [-0.39, 0.29) is 5.78 Å². The molecule has 20 heavy (non-hydrogen) atoms. The maximum Gasteiger partial charge on any atom is 0.216 e. The van der Waals surface area contributed by atoms with Gasteiger partial charge < -0.3 is 9.22 Å². The van der Waals surface area contributed by atoms with Crippen molar-refractivity contribution in [2.75, 3.05) is 40.4 Å². The lowest BCUT2D eigenvalue weighted by atomic mass is 10.1. The van der Waals surface area contributed by atoms with Crippen molar-refractivity contribution in [2.45, 2.75) is 0 Å². The minimum Gasteiger partial charge on any atom is -0.365 e. The summed E-state index contributed by atoms with van der Waals surface area (Å²) in [6.45, 7) is 5.54. The summed E-state index contributed by atoms with van der Waals surface area (Å²) >= 11 is 0. The Morgan fingerprint density at radius 3 is 2.65 bits per heavy atom. The highest BCUT2D eigenvalue weighted by Gasteiger charge is 2.19. The molecule has 3 heteroatoms. The number of ketones is 1. The summed E-state index contributed by atoms with van der Waals surface area (Å²) in [5, 5.41) is 0. The van der Waals surface area contributed by atoms with E-state index in [1.165, 1.54) is 0 Å². The first kappa shape index (κ1) is 16.2. The van der Waals surface area contributed by atoms with Crippen LogP contribution in [0.3, 0.4) is 0 Å². The van der Waals surface area contributed by atoms with Gasteiger partial charge in [0.1, 0.15) is 19.7 Å². The van der Waals surface area contributed by atoms with Crippen LogP contribution in [0.4, 0.5) is 0 Å². The lowest BCUT2D eigenvalue weighted by Gasteiger charge is -2.26. The molecular weight excluding hydrogens is 250 g/mol. The van der Waals surface area contributed by atoms with Crippen molar-refractivity contribution in [3.8, 4) is 11.8 Å². The molecule has 0 aromatic heterocycles. The number of likely N-dealkylation sites (N-methyl/N-ethyl adjacent to an activating group) is 1. The molecule has 0 atom stereocenters. The first-order chi connectivity index (χ1) is 9.55. The van der Waals surface area contributed by atoms with E-state index in [9.17, 15) is 4.79 Å². The number of quaternary nitrogens is 1. The molecule has 0 aliphatic heterocycles. The van der Waals surface area contributed by atoms with Crippen LogP contribution >= 0.6 is 0 Å². The maximum absolute atomic E-state index is 12.1. The lowest BCUT2D eigenvalue weighted by Crippen LogP contribution is -2.44. The van der Waals surface area contributed by atoms with E-state index in [1.807, 2.05) is 44.4 Å². The topological polar surface area (TPSA) is 26.3 Å².